The van der Waals surface area contributed by atoms with Crippen molar-refractivity contribution in [3.63, 3.8) is 0 Å². The maximum Gasteiger partial charge on any atom is 0.416 e. The van der Waals surface area contributed by atoms with Crippen LogP contribution in [0.4, 0.5) is 32.2 Å². The Morgan fingerprint density at radius 3 is 2.00 bits per heavy atom. The number of hydrogen-bond acceptors (Lipinski definition) is 3. The number of nitriles is 1. The molecule has 0 fully saturated rings. The van der Waals surface area contributed by atoms with Gasteiger partial charge in [0.2, 0.25) is 0 Å². The highest BCUT2D eigenvalue weighted by Crippen LogP contribution is 2.48. The quantitative estimate of drug-likeness (QED) is 0.600. The van der Waals surface area contributed by atoms with Gasteiger partial charge < -0.3 is 5.73 Å². The van der Waals surface area contributed by atoms with Crippen molar-refractivity contribution in [2.45, 2.75) is 38.0 Å². The SMILES string of the molecule is CCC(C)(c1c(C#N)nn(-c2c(Cl)cc(C(F)(F)F)cc2Cl)c1N)C(F)(F)F. The Labute approximate surface area is 165 Å². The first-order chi connectivity index (χ1) is 12.7. The Morgan fingerprint density at radius 1 is 1.14 bits per heavy atom. The number of benzene rings is 1. The van der Waals surface area contributed by atoms with E-state index < -0.39 is 56.9 Å². The standard InChI is InChI=1S/C16H12Cl2F6N4/c1-3-14(2,16(22,23)24)11-10(6-25)27-28(13(11)26)12-8(17)4-7(5-9(12)18)15(19,20)21/h4-5H,3,26H2,1-2H3. The van der Waals surface area contributed by atoms with Crippen LogP contribution in [-0.2, 0) is 11.6 Å². The van der Waals surface area contributed by atoms with Crippen LogP contribution in [0.1, 0.15) is 37.1 Å². The molecule has 1 heterocycles. The van der Waals surface area contributed by atoms with Crippen molar-refractivity contribution in [1.29, 1.82) is 5.26 Å². The van der Waals surface area contributed by atoms with Gasteiger partial charge in [-0.25, -0.2) is 4.68 Å². The molecule has 28 heavy (non-hydrogen) atoms. The van der Waals surface area contributed by atoms with Crippen molar-refractivity contribution in [2.75, 3.05) is 5.73 Å². The summed E-state index contributed by atoms with van der Waals surface area (Å²) in [6, 6.07) is 2.62. The van der Waals surface area contributed by atoms with Crippen LogP contribution in [0.3, 0.4) is 0 Å². The van der Waals surface area contributed by atoms with Crippen LogP contribution in [0.25, 0.3) is 5.69 Å². The molecule has 0 saturated heterocycles. The predicted octanol–water partition coefficient (Wildman–Crippen LogP) is 5.88. The molecule has 1 aromatic carbocycles. The molecule has 2 aromatic rings. The van der Waals surface area contributed by atoms with Gasteiger partial charge in [-0.15, -0.1) is 0 Å². The molecule has 2 rings (SSSR count). The van der Waals surface area contributed by atoms with Gasteiger partial charge in [-0.3, -0.25) is 0 Å². The number of nitrogens with two attached hydrogens (primary N) is 1. The number of hydrogen-bond donors (Lipinski definition) is 1. The largest absolute Gasteiger partial charge is 0.416 e. The average molecular weight is 445 g/mol. The summed E-state index contributed by atoms with van der Waals surface area (Å²) >= 11 is 11.8. The van der Waals surface area contributed by atoms with Crippen LogP contribution in [0.15, 0.2) is 12.1 Å². The summed E-state index contributed by atoms with van der Waals surface area (Å²) in [6.07, 6.45) is -9.99. The van der Waals surface area contributed by atoms with Gasteiger partial charge in [0.15, 0.2) is 5.69 Å². The number of aromatic nitrogens is 2. The van der Waals surface area contributed by atoms with E-state index in [4.69, 9.17) is 28.9 Å². The van der Waals surface area contributed by atoms with Crippen LogP contribution < -0.4 is 5.73 Å². The van der Waals surface area contributed by atoms with Gasteiger partial charge in [0, 0.05) is 5.56 Å². The topological polar surface area (TPSA) is 67.6 Å². The van der Waals surface area contributed by atoms with Crippen LogP contribution in [0.2, 0.25) is 10.0 Å². The smallest absolute Gasteiger partial charge is 0.383 e. The molecule has 1 aromatic heterocycles. The minimum absolute atomic E-state index is 0.364. The summed E-state index contributed by atoms with van der Waals surface area (Å²) in [5, 5.41) is 11.9. The van der Waals surface area contributed by atoms with E-state index in [0.717, 1.165) is 6.92 Å². The van der Waals surface area contributed by atoms with Gasteiger partial charge in [-0.05, 0) is 25.5 Å². The lowest BCUT2D eigenvalue weighted by Gasteiger charge is -2.30. The number of alkyl halides is 6. The molecule has 1 unspecified atom stereocenters. The molecule has 0 bridgehead atoms. The van der Waals surface area contributed by atoms with E-state index in [1.165, 1.54) is 13.0 Å². The summed E-state index contributed by atoms with van der Waals surface area (Å²) in [6.45, 7) is 2.10. The van der Waals surface area contributed by atoms with Crippen molar-refractivity contribution in [3.8, 4) is 11.8 Å². The average Bonchev–Trinajstić information content (AvgIpc) is 2.88. The third-order valence-electron chi connectivity index (χ3n) is 4.47. The van der Waals surface area contributed by atoms with Crippen molar-refractivity contribution >= 4 is 29.0 Å². The molecule has 12 heteroatoms. The van der Waals surface area contributed by atoms with E-state index in [1.807, 2.05) is 0 Å². The molecule has 0 aliphatic carbocycles. The lowest BCUT2D eigenvalue weighted by atomic mass is 9.79. The van der Waals surface area contributed by atoms with Gasteiger partial charge in [-0.1, -0.05) is 30.1 Å². The zero-order valence-electron chi connectivity index (χ0n) is 14.3. The first-order valence-electron chi connectivity index (χ1n) is 7.61. The fourth-order valence-electron chi connectivity index (χ4n) is 2.67. The van der Waals surface area contributed by atoms with Crippen LogP contribution in [0, 0.1) is 11.3 Å². The van der Waals surface area contributed by atoms with E-state index >= 15 is 0 Å². The Kier molecular flexibility index (Phi) is 5.58. The minimum Gasteiger partial charge on any atom is -0.383 e. The number of nitrogens with zero attached hydrogens (tertiary/aromatic N) is 3. The first kappa shape index (κ1) is 22.2. The Hall–Kier alpha value is -2.12. The van der Waals surface area contributed by atoms with Gasteiger partial charge >= 0.3 is 12.4 Å². The molecule has 0 aliphatic rings. The summed E-state index contributed by atoms with van der Waals surface area (Å²) in [5.41, 5.74) is 0.561. The van der Waals surface area contributed by atoms with Gasteiger partial charge in [0.05, 0.1) is 21.0 Å². The molecule has 0 aliphatic heterocycles. The van der Waals surface area contributed by atoms with Gasteiger partial charge in [0.25, 0.3) is 0 Å². The normalized spacial score (nSPS) is 14.6. The second-order valence-corrected chi connectivity index (χ2v) is 6.92. The third kappa shape index (κ3) is 3.49. The van der Waals surface area contributed by atoms with Gasteiger partial charge in [0.1, 0.15) is 17.6 Å². The molecule has 0 amide bonds. The van der Waals surface area contributed by atoms with E-state index in [1.54, 1.807) is 0 Å². The van der Waals surface area contributed by atoms with E-state index in [2.05, 4.69) is 5.10 Å². The van der Waals surface area contributed by atoms with E-state index in [9.17, 15) is 31.6 Å². The number of nitrogen functional groups attached to an aromatic ring is 1. The monoisotopic (exact) mass is 444 g/mol. The third-order valence-corrected chi connectivity index (χ3v) is 5.04. The van der Waals surface area contributed by atoms with E-state index in [-0.39, 0.29) is 5.69 Å². The van der Waals surface area contributed by atoms with Crippen molar-refractivity contribution < 1.29 is 26.3 Å². The van der Waals surface area contributed by atoms with Crippen molar-refractivity contribution in [1.82, 2.24) is 9.78 Å². The zero-order valence-corrected chi connectivity index (χ0v) is 15.8. The molecule has 0 radical (unpaired) electrons. The lowest BCUT2D eigenvalue weighted by Crippen LogP contribution is -2.39. The Bertz CT molecular complexity index is 935. The fraction of sp³-hybridized carbons (Fsp3) is 0.375. The first-order valence-corrected chi connectivity index (χ1v) is 8.37. The number of anilines is 1. The maximum absolute atomic E-state index is 13.7. The van der Waals surface area contributed by atoms with Gasteiger partial charge in [-0.2, -0.15) is 36.7 Å². The molecule has 4 nitrogen and oxygen atoms in total. The summed E-state index contributed by atoms with van der Waals surface area (Å²) in [4.78, 5) is 0. The van der Waals surface area contributed by atoms with Crippen LogP contribution in [-0.4, -0.2) is 16.0 Å². The predicted molar refractivity (Wildman–Crippen MR) is 91.4 cm³/mol. The number of rotatable bonds is 3. The molecular weight excluding hydrogens is 433 g/mol. The Morgan fingerprint density at radius 2 is 1.64 bits per heavy atom. The second kappa shape index (κ2) is 7.04. The van der Waals surface area contributed by atoms with E-state index in [0.29, 0.717) is 16.8 Å². The summed E-state index contributed by atoms with van der Waals surface area (Å²) in [7, 11) is 0. The van der Waals surface area contributed by atoms with Crippen LogP contribution >= 0.6 is 23.2 Å². The number of halogens is 8. The molecule has 0 saturated carbocycles. The highest BCUT2D eigenvalue weighted by atomic mass is 35.5. The molecule has 0 spiro atoms. The molecular formula is C16H12Cl2F6N4. The highest BCUT2D eigenvalue weighted by Gasteiger charge is 2.54. The lowest BCUT2D eigenvalue weighted by molar-refractivity contribution is -0.186. The summed E-state index contributed by atoms with van der Waals surface area (Å²) in [5.74, 6) is -0.596. The Balaban J connectivity index is 2.82. The van der Waals surface area contributed by atoms with Crippen molar-refractivity contribution in [2.24, 2.45) is 0 Å². The van der Waals surface area contributed by atoms with Crippen LogP contribution in [0.5, 0.6) is 0 Å². The zero-order chi connectivity index (χ0) is 21.7. The maximum atomic E-state index is 13.7. The van der Waals surface area contributed by atoms with Crippen molar-refractivity contribution in [3.05, 3.63) is 39.0 Å². The highest BCUT2D eigenvalue weighted by molar-refractivity contribution is 6.38. The summed E-state index contributed by atoms with van der Waals surface area (Å²) < 4.78 is 80.3. The second-order valence-electron chi connectivity index (χ2n) is 6.10. The fourth-order valence-corrected chi connectivity index (χ4v) is 3.32. The molecule has 1 atom stereocenters. The molecule has 152 valence electrons. The molecule has 2 N–H and O–H groups in total. The minimum atomic E-state index is -4.77.